The number of nitrogens with zero attached hydrogens (tertiary/aromatic N) is 7. The van der Waals surface area contributed by atoms with Crippen molar-refractivity contribution in [3.8, 4) is 22.8 Å². The molecule has 0 radical (unpaired) electrons. The zero-order valence-electron chi connectivity index (χ0n) is 34.3. The number of piperazine rings is 1. The van der Waals surface area contributed by atoms with E-state index < -0.39 is 0 Å². The zero-order valence-corrected chi connectivity index (χ0v) is 34.3. The number of imide groups is 1. The van der Waals surface area contributed by atoms with Crippen LogP contribution < -0.4 is 30.5 Å². The van der Waals surface area contributed by atoms with Crippen LogP contribution in [0.2, 0.25) is 0 Å². The smallest absolute Gasteiger partial charge is 0.249 e. The second-order valence-electron chi connectivity index (χ2n) is 17.1. The normalized spacial score (nSPS) is 22.8. The van der Waals surface area contributed by atoms with Crippen molar-refractivity contribution in [2.45, 2.75) is 81.5 Å². The number of anilines is 4. The third-order valence-corrected chi connectivity index (χ3v) is 13.4. The Hall–Kier alpha value is -5.89. The van der Waals surface area contributed by atoms with Gasteiger partial charge < -0.3 is 35.2 Å². The minimum atomic E-state index is -0.352. The largest absolute Gasteiger partial charge is 0.507 e. The van der Waals surface area contributed by atoms with Crippen LogP contribution in [0.1, 0.15) is 62.8 Å². The van der Waals surface area contributed by atoms with Crippen molar-refractivity contribution in [3.63, 3.8) is 0 Å². The molecule has 3 atom stereocenters. The number of ether oxygens (including phenoxy) is 1. The van der Waals surface area contributed by atoms with Gasteiger partial charge in [-0.1, -0.05) is 30.3 Å². The van der Waals surface area contributed by atoms with Crippen molar-refractivity contribution in [2.24, 2.45) is 0 Å². The first-order valence-electron chi connectivity index (χ1n) is 21.5. The van der Waals surface area contributed by atoms with Crippen LogP contribution in [0.25, 0.3) is 11.3 Å². The van der Waals surface area contributed by atoms with Crippen molar-refractivity contribution >= 4 is 40.6 Å². The number of hydrogen-bond donors (Lipinski definition) is 3. The molecule has 0 unspecified atom stereocenters. The molecule has 3 aromatic carbocycles. The molecule has 1 aromatic heterocycles. The second-order valence-corrected chi connectivity index (χ2v) is 17.1. The third-order valence-electron chi connectivity index (χ3n) is 13.4. The van der Waals surface area contributed by atoms with Crippen LogP contribution in [0.15, 0.2) is 78.9 Å². The quantitative estimate of drug-likeness (QED) is 0.189. The Morgan fingerprint density at radius 2 is 1.62 bits per heavy atom. The number of carbonyl (C=O) groups is 3. The van der Waals surface area contributed by atoms with Crippen LogP contribution in [-0.4, -0.2) is 120 Å². The first-order valence-corrected chi connectivity index (χ1v) is 21.5. The molecular formula is C46H55N9O5. The van der Waals surface area contributed by atoms with E-state index >= 15 is 0 Å². The number of hydrogen-bond acceptors (Lipinski definition) is 12. The zero-order chi connectivity index (χ0) is 41.3. The molecule has 0 spiro atoms. The maximum Gasteiger partial charge on any atom is 0.249 e. The molecule has 4 N–H and O–H groups in total. The molecule has 5 saturated heterocycles. The summed E-state index contributed by atoms with van der Waals surface area (Å²) in [6, 6.07) is 26.3. The highest BCUT2D eigenvalue weighted by molar-refractivity contribution is 6.01. The molecule has 9 rings (SSSR count). The van der Waals surface area contributed by atoms with Crippen molar-refractivity contribution in [3.05, 3.63) is 84.4 Å². The topological polar surface area (TPSA) is 161 Å². The predicted octanol–water partition coefficient (Wildman–Crippen LogP) is 4.78. The molecule has 0 aliphatic carbocycles. The summed E-state index contributed by atoms with van der Waals surface area (Å²) in [6.07, 6.45) is 6.65. The molecule has 6 heterocycles. The SMILES string of the molecule is CN(c1cccc(C2CCN(CC(=O)N3CCC(Oc4cccc(N5[C@@H]6CC[C@H]5CN(c5cc(-c7ccccc7O)nnc5N)C6)c4)CC3)CC2)c1)[C@H]1CCC(=O)NC1=O. The van der Waals surface area contributed by atoms with Crippen molar-refractivity contribution in [2.75, 3.05) is 73.3 Å². The number of nitrogen functional groups attached to an aromatic ring is 1. The van der Waals surface area contributed by atoms with E-state index in [0.29, 0.717) is 67.6 Å². The Morgan fingerprint density at radius 1 is 0.867 bits per heavy atom. The third kappa shape index (κ3) is 8.29. The minimum absolute atomic E-state index is 0.0545. The second kappa shape index (κ2) is 17.0. The molecule has 3 amide bonds. The molecule has 0 saturated carbocycles. The number of nitrogens with two attached hydrogens (primary N) is 1. The van der Waals surface area contributed by atoms with E-state index in [4.69, 9.17) is 10.5 Å². The van der Waals surface area contributed by atoms with Gasteiger partial charge in [-0.15, -0.1) is 10.2 Å². The molecule has 2 bridgehead atoms. The molecular weight excluding hydrogens is 759 g/mol. The molecule has 4 aromatic rings. The van der Waals surface area contributed by atoms with Crippen LogP contribution in [0.4, 0.5) is 22.9 Å². The number of nitrogens with one attached hydrogen (secondary N) is 1. The lowest BCUT2D eigenvalue weighted by Gasteiger charge is -2.43. The molecule has 5 aliphatic heterocycles. The van der Waals surface area contributed by atoms with Crippen molar-refractivity contribution in [1.82, 2.24) is 25.3 Å². The van der Waals surface area contributed by atoms with Gasteiger partial charge in [0.15, 0.2) is 5.82 Å². The summed E-state index contributed by atoms with van der Waals surface area (Å²) in [4.78, 5) is 48.7. The standard InChI is InChI=1S/C46H55N9O5/c1-51(40-14-15-43(57)48-46(40)59)32-7-4-6-31(24-32)30-16-20-52(21-17-30)29-44(58)53-22-18-36(19-23-53)60-37-9-5-8-33(25-37)55-34-12-13-35(55)28-54(27-34)41-26-39(49-50-45(41)47)38-10-2-3-11-42(38)56/h2-11,24-26,30,34-36,40,56H,12-23,27-29H2,1H3,(H2,47,50)(H,48,57,59)/t34-,35+,40-/m0/s1. The molecule has 314 valence electrons. The first kappa shape index (κ1) is 39.6. The highest BCUT2D eigenvalue weighted by Gasteiger charge is 2.41. The molecule has 5 aliphatic rings. The van der Waals surface area contributed by atoms with Gasteiger partial charge in [-0.25, -0.2) is 0 Å². The summed E-state index contributed by atoms with van der Waals surface area (Å²) in [6.45, 7) is 5.17. The highest BCUT2D eigenvalue weighted by Crippen LogP contribution is 2.40. The summed E-state index contributed by atoms with van der Waals surface area (Å²) < 4.78 is 6.57. The number of likely N-dealkylation sites (tertiary alicyclic amines) is 2. The number of amides is 3. The van der Waals surface area contributed by atoms with E-state index in [1.165, 1.54) is 11.3 Å². The van der Waals surface area contributed by atoms with Gasteiger partial charge >= 0.3 is 0 Å². The number of para-hydroxylation sites is 1. The maximum atomic E-state index is 13.5. The number of aromatic nitrogens is 2. The lowest BCUT2D eigenvalue weighted by molar-refractivity contribution is -0.135. The van der Waals surface area contributed by atoms with E-state index in [0.717, 1.165) is 81.8 Å². The minimum Gasteiger partial charge on any atom is -0.507 e. The summed E-state index contributed by atoms with van der Waals surface area (Å²) in [5.41, 5.74) is 11.9. The lowest BCUT2D eigenvalue weighted by atomic mass is 9.89. The summed E-state index contributed by atoms with van der Waals surface area (Å²) in [5, 5.41) is 21.4. The molecule has 14 heteroatoms. The summed E-state index contributed by atoms with van der Waals surface area (Å²) in [5.74, 6) is 1.57. The maximum absolute atomic E-state index is 13.5. The monoisotopic (exact) mass is 813 g/mol. The van der Waals surface area contributed by atoms with Gasteiger partial charge in [0.25, 0.3) is 0 Å². The van der Waals surface area contributed by atoms with Crippen molar-refractivity contribution < 1.29 is 24.2 Å². The van der Waals surface area contributed by atoms with E-state index in [2.05, 4.69) is 66.6 Å². The van der Waals surface area contributed by atoms with Gasteiger partial charge in [0.05, 0.1) is 17.9 Å². The number of aromatic hydroxyl groups is 1. The average Bonchev–Trinajstić information content (AvgIpc) is 3.53. The van der Waals surface area contributed by atoms with E-state index in [-0.39, 0.29) is 35.6 Å². The van der Waals surface area contributed by atoms with Crippen LogP contribution in [0.3, 0.4) is 0 Å². The van der Waals surface area contributed by atoms with E-state index in [1.807, 2.05) is 47.2 Å². The molecule has 14 nitrogen and oxygen atoms in total. The number of piperidine rings is 3. The lowest BCUT2D eigenvalue weighted by Crippen LogP contribution is -2.54. The van der Waals surface area contributed by atoms with Crippen LogP contribution in [0.5, 0.6) is 11.5 Å². The number of phenolic OH excluding ortho intramolecular Hbond substituents is 1. The number of carbonyl (C=O) groups excluding carboxylic acids is 3. The van der Waals surface area contributed by atoms with Gasteiger partial charge in [0, 0.05) is 87.6 Å². The van der Waals surface area contributed by atoms with Crippen LogP contribution in [0, 0.1) is 0 Å². The van der Waals surface area contributed by atoms with Gasteiger partial charge in [-0.05, 0) is 99.1 Å². The Labute approximate surface area is 351 Å². The Morgan fingerprint density at radius 3 is 2.37 bits per heavy atom. The fourth-order valence-electron chi connectivity index (χ4n) is 10.1. The van der Waals surface area contributed by atoms with Gasteiger partial charge in [-0.2, -0.15) is 0 Å². The Kier molecular flexibility index (Phi) is 11.2. The number of fused-ring (bicyclic) bond motifs is 2. The number of benzene rings is 3. The number of rotatable bonds is 10. The molecule has 60 heavy (non-hydrogen) atoms. The summed E-state index contributed by atoms with van der Waals surface area (Å²) in [7, 11) is 1.92. The summed E-state index contributed by atoms with van der Waals surface area (Å²) >= 11 is 0. The number of likely N-dealkylation sites (N-methyl/N-ethyl adjacent to an activating group) is 1. The van der Waals surface area contributed by atoms with Gasteiger partial charge in [0.2, 0.25) is 17.7 Å². The highest BCUT2D eigenvalue weighted by atomic mass is 16.5. The van der Waals surface area contributed by atoms with E-state index in [1.54, 1.807) is 12.1 Å². The Bertz CT molecular complexity index is 2210. The first-order chi connectivity index (χ1) is 29.2. The van der Waals surface area contributed by atoms with Gasteiger partial charge in [-0.3, -0.25) is 24.6 Å². The van der Waals surface area contributed by atoms with E-state index in [9.17, 15) is 19.5 Å². The number of phenols is 1. The van der Waals surface area contributed by atoms with Crippen LogP contribution in [-0.2, 0) is 14.4 Å². The fraction of sp³-hybridized carbons (Fsp3) is 0.457. The van der Waals surface area contributed by atoms with Crippen molar-refractivity contribution in [1.29, 1.82) is 0 Å². The molecule has 5 fully saturated rings. The van der Waals surface area contributed by atoms with Gasteiger partial charge in [0.1, 0.15) is 23.6 Å². The predicted molar refractivity (Wildman–Crippen MR) is 231 cm³/mol. The fourth-order valence-corrected chi connectivity index (χ4v) is 10.1. The average molecular weight is 814 g/mol. The van der Waals surface area contributed by atoms with Crippen LogP contribution >= 0.6 is 0 Å². The Balaban J connectivity index is 0.741.